The van der Waals surface area contributed by atoms with Gasteiger partial charge in [-0.2, -0.15) is 0 Å². The van der Waals surface area contributed by atoms with E-state index in [-0.39, 0.29) is 31.2 Å². The van der Waals surface area contributed by atoms with Crippen LogP contribution in [0, 0.1) is 11.3 Å². The van der Waals surface area contributed by atoms with E-state index in [4.69, 9.17) is 9.47 Å². The molecule has 4 N–H and O–H groups in total. The van der Waals surface area contributed by atoms with Crippen LogP contribution < -0.4 is 10.7 Å². The number of carbonyl (C=O) groups excluding carboxylic acids is 4. The molecule has 6 bridgehead atoms. The summed E-state index contributed by atoms with van der Waals surface area (Å²) in [5.74, 6) is -2.57. The molecule has 2 aliphatic heterocycles. The van der Waals surface area contributed by atoms with Crippen LogP contribution in [0.5, 0.6) is 5.75 Å². The van der Waals surface area contributed by atoms with E-state index in [9.17, 15) is 29.4 Å². The van der Waals surface area contributed by atoms with Gasteiger partial charge in [-0.25, -0.2) is 5.43 Å². The van der Waals surface area contributed by atoms with Gasteiger partial charge in [-0.3, -0.25) is 29.2 Å². The number of phenolic OH excluding ortho intramolecular Hbond substituents is 1. The van der Waals surface area contributed by atoms with Gasteiger partial charge >= 0.3 is 5.97 Å². The molecule has 0 aliphatic carbocycles. The number of benzene rings is 2. The average Bonchev–Trinajstić information content (AvgIpc) is 3.50. The van der Waals surface area contributed by atoms with Gasteiger partial charge < -0.3 is 34.5 Å². The number of cyclic esters (lactones) is 1. The largest absolute Gasteiger partial charge is 0.508 e. The number of nitrogens with zero attached hydrogens (tertiary/aromatic N) is 4. The van der Waals surface area contributed by atoms with Crippen molar-refractivity contribution < 1.29 is 38.9 Å². The number of amides is 3. The van der Waals surface area contributed by atoms with Gasteiger partial charge in [0.25, 0.3) is 11.8 Å². The van der Waals surface area contributed by atoms with E-state index in [0.29, 0.717) is 43.5 Å². The molecule has 0 unspecified atom stereocenters. The number of hydrogen-bond donors (Lipinski definition) is 4. The molecule has 59 heavy (non-hydrogen) atoms. The number of rotatable bonds is 9. The molecule has 316 valence electrons. The van der Waals surface area contributed by atoms with Gasteiger partial charge in [0.05, 0.1) is 18.9 Å². The second-order valence-corrected chi connectivity index (χ2v) is 17.0. The summed E-state index contributed by atoms with van der Waals surface area (Å²) in [5.41, 5.74) is 9.69. The maximum atomic E-state index is 14.5. The molecule has 0 spiro atoms. The second kappa shape index (κ2) is 17.9. The Kier molecular flexibility index (Phi) is 13.1. The number of phenols is 1. The third-order valence-electron chi connectivity index (χ3n) is 11.3. The third kappa shape index (κ3) is 9.29. The van der Waals surface area contributed by atoms with Crippen molar-refractivity contribution in [3.8, 4) is 28.1 Å². The highest BCUT2D eigenvalue weighted by Crippen LogP contribution is 2.41. The number of aliphatic hydroxyl groups excluding tert-OH is 1. The fourth-order valence-electron chi connectivity index (χ4n) is 8.55. The van der Waals surface area contributed by atoms with Gasteiger partial charge in [-0.1, -0.05) is 39.8 Å². The number of ether oxygens (including phenoxy) is 2. The molecule has 2 aromatic heterocycles. The molecule has 6 rings (SSSR count). The maximum absolute atomic E-state index is 14.5. The predicted octanol–water partition coefficient (Wildman–Crippen LogP) is 4.75. The van der Waals surface area contributed by atoms with Crippen LogP contribution in [0.15, 0.2) is 54.9 Å². The summed E-state index contributed by atoms with van der Waals surface area (Å²) in [6, 6.07) is 10.3. The standard InChI is InChI=1S/C45H58N6O8/c1-9-50-38-13-12-29-21-33(38)34(40(50)35-23-46-15-14-30(35)24-58-8)22-45(5,6)25-59-44(57)36-11-10-16-51(48-36)43(56)37(19-28-17-31(29)20-32(53)18-28)47-41(54)39(26(2)3)49(7)42(55)27(4)52/h12-15,17-18,20-21,23,26-27,36-37,39,48,52-53H,9-11,16,19,22,24-25H2,1-8H3,(H,47,54)/t27-,36+,37+,39+/m1/s1. The zero-order valence-corrected chi connectivity index (χ0v) is 35.4. The van der Waals surface area contributed by atoms with E-state index in [1.807, 2.05) is 24.4 Å². The van der Waals surface area contributed by atoms with Gasteiger partial charge in [-0.05, 0) is 97.2 Å². The predicted molar refractivity (Wildman–Crippen MR) is 224 cm³/mol. The highest BCUT2D eigenvalue weighted by atomic mass is 16.5. The van der Waals surface area contributed by atoms with Crippen LogP contribution in [0.3, 0.4) is 0 Å². The SMILES string of the molecule is CCn1c(-c2cnccc2COC)c2c3cc(ccc31)-c1cc(O)cc(c1)C[C@H](NC(=O)[C@H](C(C)C)N(C)C(=O)[C@@H](C)O)C(=O)N1CCC[C@H](N1)C(=O)OCC(C)(C)C2. The second-order valence-electron chi connectivity index (χ2n) is 17.0. The van der Waals surface area contributed by atoms with Crippen molar-refractivity contribution in [1.82, 2.24) is 30.2 Å². The number of pyridine rings is 1. The fourth-order valence-corrected chi connectivity index (χ4v) is 8.55. The van der Waals surface area contributed by atoms with Crippen LogP contribution in [0.2, 0.25) is 0 Å². The first-order chi connectivity index (χ1) is 28.0. The number of aliphatic hydroxyl groups is 1. The molecule has 2 aromatic carbocycles. The molecule has 1 fully saturated rings. The van der Waals surface area contributed by atoms with Crippen molar-refractivity contribution >= 4 is 34.6 Å². The van der Waals surface area contributed by atoms with E-state index < -0.39 is 53.3 Å². The van der Waals surface area contributed by atoms with Crippen molar-refractivity contribution in [1.29, 1.82) is 0 Å². The number of hydrogen-bond acceptors (Lipinski definition) is 10. The van der Waals surface area contributed by atoms with Crippen LogP contribution in [-0.4, -0.2) is 105 Å². The molecule has 2 aliphatic rings. The van der Waals surface area contributed by atoms with Crippen molar-refractivity contribution in [3.05, 3.63) is 71.5 Å². The zero-order chi connectivity index (χ0) is 42.8. The van der Waals surface area contributed by atoms with Gasteiger partial charge in [0.1, 0.15) is 30.0 Å². The van der Waals surface area contributed by atoms with Crippen molar-refractivity contribution in [2.75, 3.05) is 27.3 Å². The lowest BCUT2D eigenvalue weighted by Crippen LogP contribution is -2.62. The van der Waals surface area contributed by atoms with Gasteiger partial charge in [0, 0.05) is 67.9 Å². The van der Waals surface area contributed by atoms with E-state index >= 15 is 0 Å². The molecule has 1 saturated heterocycles. The Hall–Kier alpha value is -5.31. The number of methoxy groups -OCH3 is 1. The monoisotopic (exact) mass is 810 g/mol. The summed E-state index contributed by atoms with van der Waals surface area (Å²) in [5, 5.41) is 26.5. The Morgan fingerprint density at radius 3 is 2.58 bits per heavy atom. The molecule has 4 aromatic rings. The molecule has 4 heterocycles. The first-order valence-corrected chi connectivity index (χ1v) is 20.4. The number of carbonyl (C=O) groups is 4. The van der Waals surface area contributed by atoms with Gasteiger partial charge in [0.2, 0.25) is 5.91 Å². The lowest BCUT2D eigenvalue weighted by atomic mass is 9.84. The summed E-state index contributed by atoms with van der Waals surface area (Å²) in [7, 11) is 3.12. The number of likely N-dealkylation sites (N-methyl/N-ethyl adjacent to an activating group) is 1. The molecule has 14 nitrogen and oxygen atoms in total. The number of aryl methyl sites for hydroxylation is 1. The molecule has 4 atom stereocenters. The van der Waals surface area contributed by atoms with E-state index in [1.165, 1.54) is 23.9 Å². The minimum atomic E-state index is -1.33. The summed E-state index contributed by atoms with van der Waals surface area (Å²) >= 11 is 0. The molecule has 0 saturated carbocycles. The van der Waals surface area contributed by atoms with Crippen LogP contribution >= 0.6 is 0 Å². The summed E-state index contributed by atoms with van der Waals surface area (Å²) in [6.07, 6.45) is 3.79. The van der Waals surface area contributed by atoms with Gasteiger partial charge in [0.15, 0.2) is 0 Å². The fraction of sp³-hybridized carbons (Fsp3) is 0.489. The topological polar surface area (TPSA) is 176 Å². The molecular formula is C45H58N6O8. The smallest absolute Gasteiger partial charge is 0.324 e. The number of aromatic hydroxyl groups is 1. The number of hydrazine groups is 1. The van der Waals surface area contributed by atoms with Crippen molar-refractivity contribution in [3.63, 3.8) is 0 Å². The van der Waals surface area contributed by atoms with Crippen LogP contribution in [0.25, 0.3) is 33.3 Å². The average molecular weight is 811 g/mol. The third-order valence-corrected chi connectivity index (χ3v) is 11.3. The quantitative estimate of drug-likeness (QED) is 0.173. The first-order valence-electron chi connectivity index (χ1n) is 20.4. The Labute approximate surface area is 345 Å². The molecule has 14 heteroatoms. The highest BCUT2D eigenvalue weighted by Gasteiger charge is 2.38. The van der Waals surface area contributed by atoms with Gasteiger partial charge in [-0.15, -0.1) is 0 Å². The highest BCUT2D eigenvalue weighted by molar-refractivity contribution is 5.96. The van der Waals surface area contributed by atoms with Crippen molar-refractivity contribution in [2.24, 2.45) is 11.3 Å². The summed E-state index contributed by atoms with van der Waals surface area (Å²) in [6.45, 7) is 12.6. The maximum Gasteiger partial charge on any atom is 0.324 e. The summed E-state index contributed by atoms with van der Waals surface area (Å²) < 4.78 is 13.9. The van der Waals surface area contributed by atoms with E-state index in [0.717, 1.165) is 38.9 Å². The Morgan fingerprint density at radius 1 is 1.12 bits per heavy atom. The lowest BCUT2D eigenvalue weighted by molar-refractivity contribution is -0.155. The normalized spacial score (nSPS) is 19.5. The number of fused-ring (bicyclic) bond motifs is 6. The minimum Gasteiger partial charge on any atom is -0.508 e. The van der Waals surface area contributed by atoms with Crippen molar-refractivity contribution in [2.45, 2.75) is 105 Å². The number of aromatic nitrogens is 2. The first kappa shape index (κ1) is 43.3. The number of nitrogens with one attached hydrogen (secondary N) is 2. The summed E-state index contributed by atoms with van der Waals surface area (Å²) in [4.78, 5) is 60.9. The Morgan fingerprint density at radius 2 is 1.88 bits per heavy atom. The number of esters is 1. The molecular weight excluding hydrogens is 753 g/mol. The van der Waals surface area contributed by atoms with E-state index in [2.05, 4.69) is 53.2 Å². The molecule has 0 radical (unpaired) electrons. The van der Waals surface area contributed by atoms with Crippen LogP contribution in [0.4, 0.5) is 0 Å². The Balaban J connectivity index is 1.51. The minimum absolute atomic E-state index is 0.0144. The Bertz CT molecular complexity index is 2210. The van der Waals surface area contributed by atoms with E-state index in [1.54, 1.807) is 39.3 Å². The lowest BCUT2D eigenvalue weighted by Gasteiger charge is -2.37. The van der Waals surface area contributed by atoms with Crippen LogP contribution in [0.1, 0.15) is 71.1 Å². The molecule has 3 amide bonds. The van der Waals surface area contributed by atoms with Crippen LogP contribution in [-0.2, 0) is 54.6 Å². The zero-order valence-electron chi connectivity index (χ0n) is 35.4.